The van der Waals surface area contributed by atoms with Crippen LogP contribution in [0.1, 0.15) is 11.3 Å². The first-order valence-electron chi connectivity index (χ1n) is 5.13. The molecule has 4 nitrogen and oxygen atoms in total. The summed E-state index contributed by atoms with van der Waals surface area (Å²) >= 11 is 4.91. The van der Waals surface area contributed by atoms with Crippen molar-refractivity contribution in [1.82, 2.24) is 9.97 Å². The van der Waals surface area contributed by atoms with Crippen LogP contribution in [0.3, 0.4) is 0 Å². The summed E-state index contributed by atoms with van der Waals surface area (Å²) in [6.45, 7) is 0. The van der Waals surface area contributed by atoms with Gasteiger partial charge >= 0.3 is 0 Å². The average molecular weight is 248 g/mol. The Morgan fingerprint density at radius 2 is 1.94 bits per heavy atom. The van der Waals surface area contributed by atoms with Crippen LogP contribution in [0.2, 0.25) is 0 Å². The Morgan fingerprint density at radius 1 is 1.24 bits per heavy atom. The molecule has 0 spiro atoms. The first-order valence-corrected chi connectivity index (χ1v) is 5.53. The van der Waals surface area contributed by atoms with Crippen LogP contribution in [-0.4, -0.2) is 17.1 Å². The molecule has 0 unspecified atom stereocenters. The van der Waals surface area contributed by atoms with Crippen LogP contribution >= 0.6 is 12.2 Å². The van der Waals surface area contributed by atoms with Crippen LogP contribution in [0.4, 0.5) is 0 Å². The molecular formula is C12H12N2O2S. The van der Waals surface area contributed by atoms with Crippen molar-refractivity contribution in [2.45, 2.75) is 6.42 Å². The van der Waals surface area contributed by atoms with Gasteiger partial charge in [0, 0.05) is 18.2 Å². The summed E-state index contributed by atoms with van der Waals surface area (Å²) in [5, 5.41) is 0. The Hall–Kier alpha value is -1.88. The third-order valence-corrected chi connectivity index (χ3v) is 2.57. The van der Waals surface area contributed by atoms with E-state index in [1.165, 1.54) is 6.07 Å². The molecular weight excluding hydrogens is 236 g/mol. The van der Waals surface area contributed by atoms with Crippen molar-refractivity contribution < 1.29 is 4.74 Å². The predicted octanol–water partition coefficient (Wildman–Crippen LogP) is 2.03. The Kier molecular flexibility index (Phi) is 3.39. The second-order valence-electron chi connectivity index (χ2n) is 3.64. The number of ether oxygens (including phenoxy) is 1. The van der Waals surface area contributed by atoms with E-state index < -0.39 is 0 Å². The highest BCUT2D eigenvalue weighted by Crippen LogP contribution is 2.13. The maximum atomic E-state index is 11.2. The van der Waals surface area contributed by atoms with E-state index in [4.69, 9.17) is 17.0 Å². The summed E-state index contributed by atoms with van der Waals surface area (Å²) in [6.07, 6.45) is 0.636. The number of H-pyrrole nitrogens is 2. The summed E-state index contributed by atoms with van der Waals surface area (Å²) in [4.78, 5) is 16.7. The number of rotatable bonds is 3. The van der Waals surface area contributed by atoms with Crippen LogP contribution in [-0.2, 0) is 6.42 Å². The third kappa shape index (κ3) is 3.04. The van der Waals surface area contributed by atoms with Gasteiger partial charge < -0.3 is 9.72 Å². The number of hydrogen-bond acceptors (Lipinski definition) is 3. The zero-order chi connectivity index (χ0) is 12.3. The molecule has 0 fully saturated rings. The molecule has 1 heterocycles. The van der Waals surface area contributed by atoms with E-state index in [1.54, 1.807) is 7.11 Å². The quantitative estimate of drug-likeness (QED) is 0.817. The Bertz CT molecular complexity index is 585. The standard InChI is InChI=1S/C12H12N2O2S/c1-16-10-4-2-8(3-5-10)6-9-7-11(15)14-12(17)13-9/h2-5,7H,6H2,1H3,(H2,13,14,15,17). The largest absolute Gasteiger partial charge is 0.497 e. The molecule has 88 valence electrons. The van der Waals surface area contributed by atoms with E-state index in [0.29, 0.717) is 11.2 Å². The number of methoxy groups -OCH3 is 1. The molecule has 0 saturated heterocycles. The number of aromatic amines is 2. The predicted molar refractivity (Wildman–Crippen MR) is 68.0 cm³/mol. The third-order valence-electron chi connectivity index (χ3n) is 2.37. The van der Waals surface area contributed by atoms with E-state index in [1.807, 2.05) is 24.3 Å². The van der Waals surface area contributed by atoms with Crippen molar-refractivity contribution in [3.63, 3.8) is 0 Å². The van der Waals surface area contributed by atoms with Gasteiger partial charge in [0.1, 0.15) is 5.75 Å². The Labute approximate surface area is 103 Å². The van der Waals surface area contributed by atoms with Crippen molar-refractivity contribution in [3.05, 3.63) is 56.7 Å². The molecule has 2 N–H and O–H groups in total. The fourth-order valence-electron chi connectivity index (χ4n) is 1.58. The lowest BCUT2D eigenvalue weighted by Crippen LogP contribution is -2.08. The molecule has 0 saturated carbocycles. The van der Waals surface area contributed by atoms with Gasteiger partial charge in [0.25, 0.3) is 5.56 Å². The lowest BCUT2D eigenvalue weighted by molar-refractivity contribution is 0.414. The van der Waals surface area contributed by atoms with Gasteiger partial charge in [0.2, 0.25) is 0 Å². The molecule has 0 atom stereocenters. The summed E-state index contributed by atoms with van der Waals surface area (Å²) in [6, 6.07) is 9.20. The Balaban J connectivity index is 2.25. The van der Waals surface area contributed by atoms with E-state index in [-0.39, 0.29) is 5.56 Å². The lowest BCUT2D eigenvalue weighted by atomic mass is 10.1. The van der Waals surface area contributed by atoms with Crippen molar-refractivity contribution in [2.75, 3.05) is 7.11 Å². The van der Waals surface area contributed by atoms with Gasteiger partial charge in [-0.05, 0) is 29.9 Å². The number of nitrogens with one attached hydrogen (secondary N) is 2. The summed E-state index contributed by atoms with van der Waals surface area (Å²) in [7, 11) is 1.63. The molecule has 0 aliphatic carbocycles. The zero-order valence-electron chi connectivity index (χ0n) is 9.32. The van der Waals surface area contributed by atoms with Gasteiger partial charge in [0.05, 0.1) is 7.11 Å². The molecule has 0 bridgehead atoms. The summed E-state index contributed by atoms with van der Waals surface area (Å²) in [5.41, 5.74) is 1.70. The maximum absolute atomic E-state index is 11.2. The van der Waals surface area contributed by atoms with Crippen molar-refractivity contribution >= 4 is 12.2 Å². The molecule has 0 radical (unpaired) electrons. The SMILES string of the molecule is COc1ccc(Cc2cc(=O)[nH]c(=S)[nH]2)cc1. The first kappa shape index (κ1) is 11.6. The van der Waals surface area contributed by atoms with Gasteiger partial charge in [-0.1, -0.05) is 12.1 Å². The van der Waals surface area contributed by atoms with Crippen LogP contribution in [0.15, 0.2) is 35.1 Å². The molecule has 2 rings (SSSR count). The molecule has 2 aromatic rings. The van der Waals surface area contributed by atoms with Gasteiger partial charge in [-0.25, -0.2) is 0 Å². The van der Waals surface area contributed by atoms with E-state index in [0.717, 1.165) is 17.0 Å². The van der Waals surface area contributed by atoms with Crippen molar-refractivity contribution in [1.29, 1.82) is 0 Å². The summed E-state index contributed by atoms with van der Waals surface area (Å²) in [5.74, 6) is 0.813. The molecule has 17 heavy (non-hydrogen) atoms. The number of hydrogen-bond donors (Lipinski definition) is 2. The second kappa shape index (κ2) is 4.97. The van der Waals surface area contributed by atoms with Gasteiger partial charge in [-0.3, -0.25) is 9.78 Å². The minimum atomic E-state index is -0.183. The topological polar surface area (TPSA) is 57.9 Å². The maximum Gasteiger partial charge on any atom is 0.251 e. The molecule has 1 aromatic carbocycles. The molecule has 0 amide bonds. The fraction of sp³-hybridized carbons (Fsp3) is 0.167. The number of aromatic nitrogens is 2. The highest BCUT2D eigenvalue weighted by molar-refractivity contribution is 7.71. The Morgan fingerprint density at radius 3 is 2.53 bits per heavy atom. The lowest BCUT2D eigenvalue weighted by Gasteiger charge is -2.03. The van der Waals surface area contributed by atoms with Gasteiger partial charge in [-0.2, -0.15) is 0 Å². The second-order valence-corrected chi connectivity index (χ2v) is 4.05. The smallest absolute Gasteiger partial charge is 0.251 e. The highest BCUT2D eigenvalue weighted by Gasteiger charge is 1.99. The van der Waals surface area contributed by atoms with Crippen LogP contribution in [0.5, 0.6) is 5.75 Å². The van der Waals surface area contributed by atoms with Crippen molar-refractivity contribution in [2.24, 2.45) is 0 Å². The highest BCUT2D eigenvalue weighted by atomic mass is 32.1. The molecule has 0 aliphatic rings. The van der Waals surface area contributed by atoms with Crippen molar-refractivity contribution in [3.8, 4) is 5.75 Å². The summed E-state index contributed by atoms with van der Waals surface area (Å²) < 4.78 is 5.43. The normalized spacial score (nSPS) is 10.2. The van der Waals surface area contributed by atoms with Crippen LogP contribution in [0.25, 0.3) is 0 Å². The number of benzene rings is 1. The van der Waals surface area contributed by atoms with E-state index in [2.05, 4.69) is 9.97 Å². The monoisotopic (exact) mass is 248 g/mol. The van der Waals surface area contributed by atoms with Gasteiger partial charge in [0.15, 0.2) is 4.77 Å². The van der Waals surface area contributed by atoms with E-state index >= 15 is 0 Å². The minimum absolute atomic E-state index is 0.183. The first-order chi connectivity index (χ1) is 8.17. The molecule has 1 aromatic heterocycles. The molecule has 0 aliphatic heterocycles. The minimum Gasteiger partial charge on any atom is -0.497 e. The van der Waals surface area contributed by atoms with Gasteiger partial charge in [-0.15, -0.1) is 0 Å². The van der Waals surface area contributed by atoms with Crippen LogP contribution < -0.4 is 10.3 Å². The average Bonchev–Trinajstić information content (AvgIpc) is 2.28. The zero-order valence-corrected chi connectivity index (χ0v) is 10.1. The van der Waals surface area contributed by atoms with Crippen LogP contribution in [0, 0.1) is 4.77 Å². The molecule has 5 heteroatoms. The van der Waals surface area contributed by atoms with E-state index in [9.17, 15) is 4.79 Å². The fourth-order valence-corrected chi connectivity index (χ4v) is 1.81.